The fourth-order valence-corrected chi connectivity index (χ4v) is 16.2. The third kappa shape index (κ3) is 8.43. The molecule has 17 heavy (non-hydrogen) atoms. The average molecular weight is 411 g/mol. The van der Waals surface area contributed by atoms with Gasteiger partial charge in [-0.05, 0) is 0 Å². The van der Waals surface area contributed by atoms with Crippen LogP contribution in [0.25, 0.3) is 0 Å². The molecule has 0 aromatic rings. The molecular formula is C12H32HfN4. The molecule has 0 saturated heterocycles. The zero-order valence-corrected chi connectivity index (χ0v) is 16.4. The molecule has 0 aliphatic rings. The van der Waals surface area contributed by atoms with Crippen LogP contribution in [0.3, 0.4) is 0 Å². The molecule has 0 radical (unpaired) electrons. The molecule has 104 valence electrons. The molecule has 0 bridgehead atoms. The van der Waals surface area contributed by atoms with Gasteiger partial charge in [0.05, 0.1) is 0 Å². The third-order valence-electron chi connectivity index (χ3n) is 2.02. The molecule has 0 unspecified atom stereocenters. The minimum atomic E-state index is -3.03. The Kier molecular flexibility index (Phi) is 8.33. The van der Waals surface area contributed by atoms with E-state index in [1.165, 1.54) is 0 Å². The van der Waals surface area contributed by atoms with Crippen molar-refractivity contribution in [2.45, 2.75) is 79.6 Å². The fraction of sp³-hybridized carbons (Fsp3) is 1.00. The first kappa shape index (κ1) is 17.7. The van der Waals surface area contributed by atoms with E-state index in [0.29, 0.717) is 24.2 Å². The number of hydrogen-bond acceptors (Lipinski definition) is 4. The van der Waals surface area contributed by atoms with Crippen molar-refractivity contribution in [2.24, 2.45) is 0 Å². The summed E-state index contributed by atoms with van der Waals surface area (Å²) in [5.41, 5.74) is 0. The first-order valence-electron chi connectivity index (χ1n) is 6.77. The van der Waals surface area contributed by atoms with Crippen LogP contribution in [-0.4, -0.2) is 24.2 Å². The van der Waals surface area contributed by atoms with Gasteiger partial charge in [0, 0.05) is 0 Å². The predicted octanol–water partition coefficient (Wildman–Crippen LogP) is 1.79. The molecule has 0 aliphatic heterocycles. The molecule has 0 fully saturated rings. The van der Waals surface area contributed by atoms with Crippen LogP contribution in [0, 0.1) is 0 Å². The van der Waals surface area contributed by atoms with E-state index in [2.05, 4.69) is 68.6 Å². The Morgan fingerprint density at radius 3 is 0.765 bits per heavy atom. The number of hydrogen-bond donors (Lipinski definition) is 4. The second kappa shape index (κ2) is 8.00. The van der Waals surface area contributed by atoms with Gasteiger partial charge in [-0.2, -0.15) is 0 Å². The summed E-state index contributed by atoms with van der Waals surface area (Å²) in [6, 6.07) is 1.95. The standard InChI is InChI=1S/4C3H8N.Hf/c4*1-3(2)4;/h4*3-4H,1-2H3;/q4*-1;+4. The van der Waals surface area contributed by atoms with Crippen molar-refractivity contribution in [3.63, 3.8) is 0 Å². The molecule has 4 N–H and O–H groups in total. The van der Waals surface area contributed by atoms with Gasteiger partial charge in [-0.25, -0.2) is 0 Å². The molecule has 0 rings (SSSR count). The van der Waals surface area contributed by atoms with Crippen molar-refractivity contribution >= 4 is 0 Å². The fourth-order valence-electron chi connectivity index (χ4n) is 1.98. The van der Waals surface area contributed by atoms with E-state index in [9.17, 15) is 0 Å². The summed E-state index contributed by atoms with van der Waals surface area (Å²) in [6.45, 7) is 17.7. The topological polar surface area (TPSA) is 48.1 Å². The summed E-state index contributed by atoms with van der Waals surface area (Å²) in [7, 11) is 0. The van der Waals surface area contributed by atoms with E-state index in [1.54, 1.807) is 0 Å². The van der Waals surface area contributed by atoms with E-state index < -0.39 is 21.1 Å². The molecule has 0 aromatic heterocycles. The van der Waals surface area contributed by atoms with Gasteiger partial charge >= 0.3 is 114 Å². The Labute approximate surface area is 114 Å². The van der Waals surface area contributed by atoms with Crippen molar-refractivity contribution in [3.05, 3.63) is 0 Å². The van der Waals surface area contributed by atoms with Gasteiger partial charge in [0.25, 0.3) is 0 Å². The van der Waals surface area contributed by atoms with Gasteiger partial charge in [0.2, 0.25) is 0 Å². The quantitative estimate of drug-likeness (QED) is 0.461. The van der Waals surface area contributed by atoms with E-state index >= 15 is 0 Å². The zero-order valence-electron chi connectivity index (χ0n) is 12.8. The monoisotopic (exact) mass is 412 g/mol. The first-order chi connectivity index (χ1) is 7.67. The predicted molar refractivity (Wildman–Crippen MR) is 73.1 cm³/mol. The van der Waals surface area contributed by atoms with Gasteiger partial charge < -0.3 is 0 Å². The molecular weight excluding hydrogens is 379 g/mol. The molecule has 0 spiro atoms. The van der Waals surface area contributed by atoms with Gasteiger partial charge in [-0.1, -0.05) is 0 Å². The first-order valence-corrected chi connectivity index (χ1v) is 14.0. The second-order valence-corrected chi connectivity index (χ2v) is 15.5. The minimum absolute atomic E-state index is 0.486. The van der Waals surface area contributed by atoms with Crippen LogP contribution in [0.15, 0.2) is 0 Å². The molecule has 0 aromatic carbocycles. The summed E-state index contributed by atoms with van der Waals surface area (Å²) in [5, 5.41) is 0. The Balaban J connectivity index is 4.89. The summed E-state index contributed by atoms with van der Waals surface area (Å²) in [6.07, 6.45) is 0. The van der Waals surface area contributed by atoms with Crippen LogP contribution in [-0.2, 0) is 21.1 Å². The van der Waals surface area contributed by atoms with Crippen LogP contribution in [0.4, 0.5) is 0 Å². The van der Waals surface area contributed by atoms with Crippen LogP contribution >= 0.6 is 0 Å². The van der Waals surface area contributed by atoms with Crippen molar-refractivity contribution < 1.29 is 21.1 Å². The molecule has 4 nitrogen and oxygen atoms in total. The summed E-state index contributed by atoms with van der Waals surface area (Å²) >= 11 is -3.03. The Morgan fingerprint density at radius 2 is 0.647 bits per heavy atom. The molecule has 5 heteroatoms. The van der Waals surface area contributed by atoms with E-state index in [1.807, 2.05) is 0 Å². The van der Waals surface area contributed by atoms with E-state index in [-0.39, 0.29) is 0 Å². The Morgan fingerprint density at radius 1 is 0.471 bits per heavy atom. The van der Waals surface area contributed by atoms with Crippen LogP contribution in [0.2, 0.25) is 0 Å². The van der Waals surface area contributed by atoms with Gasteiger partial charge in [-0.15, -0.1) is 0 Å². The molecule has 0 aliphatic carbocycles. The van der Waals surface area contributed by atoms with Crippen LogP contribution in [0.5, 0.6) is 0 Å². The second-order valence-electron chi connectivity index (χ2n) is 5.95. The third-order valence-corrected chi connectivity index (χ3v) is 16.5. The summed E-state index contributed by atoms with van der Waals surface area (Å²) in [5.74, 6) is 0. The van der Waals surface area contributed by atoms with Crippen LogP contribution in [0.1, 0.15) is 55.4 Å². The van der Waals surface area contributed by atoms with Crippen molar-refractivity contribution in [2.75, 3.05) is 0 Å². The molecule has 0 heterocycles. The normalized spacial score (nSPS) is 13.4. The Bertz CT molecular complexity index is 159. The van der Waals surface area contributed by atoms with E-state index in [0.717, 1.165) is 0 Å². The Hall–Kier alpha value is 0.710. The number of rotatable bonds is 8. The average Bonchev–Trinajstić information content (AvgIpc) is 1.95. The van der Waals surface area contributed by atoms with Crippen molar-refractivity contribution in [1.29, 1.82) is 0 Å². The maximum atomic E-state index is 3.78. The van der Waals surface area contributed by atoms with Gasteiger partial charge in [0.1, 0.15) is 0 Å². The van der Waals surface area contributed by atoms with Crippen LogP contribution < -0.4 is 13.2 Å². The summed E-state index contributed by atoms with van der Waals surface area (Å²) in [4.78, 5) is 0. The van der Waals surface area contributed by atoms with Crippen molar-refractivity contribution in [1.82, 2.24) is 13.2 Å². The maximum absolute atomic E-state index is 3.78. The molecule has 0 amide bonds. The molecule has 0 saturated carbocycles. The van der Waals surface area contributed by atoms with Crippen molar-refractivity contribution in [3.8, 4) is 0 Å². The summed E-state index contributed by atoms with van der Waals surface area (Å²) < 4.78 is 15.1. The van der Waals surface area contributed by atoms with Gasteiger partial charge in [-0.3, -0.25) is 0 Å². The number of nitrogens with one attached hydrogen (secondary N) is 4. The van der Waals surface area contributed by atoms with Gasteiger partial charge in [0.15, 0.2) is 0 Å². The van der Waals surface area contributed by atoms with E-state index in [4.69, 9.17) is 0 Å². The zero-order chi connectivity index (χ0) is 13.6. The SMILES string of the molecule is CC(C)[NH][Hf]([NH]C(C)C)([NH]C(C)C)[NH]C(C)C. The molecule has 0 atom stereocenters.